The zero-order valence-corrected chi connectivity index (χ0v) is 9.63. The maximum atomic E-state index is 6.06. The predicted octanol–water partition coefficient (Wildman–Crippen LogP) is 1.78. The molecule has 4 heteroatoms. The number of nitrogens with zero attached hydrogens (tertiary/aromatic N) is 2. The standard InChI is InChI=1S/C13H16N4/c14-12(9-5-6-9)8-15-13-11-4-2-1-3-10(11)7-16-17-13/h1-4,7,9,12H,5-6,8,14H2,(H,15,17). The topological polar surface area (TPSA) is 63.8 Å². The summed E-state index contributed by atoms with van der Waals surface area (Å²) in [4.78, 5) is 0. The van der Waals surface area contributed by atoms with Gasteiger partial charge in [-0.3, -0.25) is 0 Å². The van der Waals surface area contributed by atoms with Gasteiger partial charge in [0, 0.05) is 23.4 Å². The minimum Gasteiger partial charge on any atom is -0.366 e. The van der Waals surface area contributed by atoms with Crippen LogP contribution in [0.2, 0.25) is 0 Å². The summed E-state index contributed by atoms with van der Waals surface area (Å²) >= 11 is 0. The summed E-state index contributed by atoms with van der Waals surface area (Å²) in [5.41, 5.74) is 6.06. The molecule has 1 aromatic carbocycles. The summed E-state index contributed by atoms with van der Waals surface area (Å²) in [5, 5.41) is 13.7. The van der Waals surface area contributed by atoms with E-state index < -0.39 is 0 Å². The number of hydrogen-bond acceptors (Lipinski definition) is 4. The van der Waals surface area contributed by atoms with Gasteiger partial charge in [0.1, 0.15) is 0 Å². The van der Waals surface area contributed by atoms with Crippen molar-refractivity contribution in [3.05, 3.63) is 30.5 Å². The fraction of sp³-hybridized carbons (Fsp3) is 0.385. The van der Waals surface area contributed by atoms with Crippen LogP contribution in [0.15, 0.2) is 30.5 Å². The third-order valence-electron chi connectivity index (χ3n) is 3.30. The van der Waals surface area contributed by atoms with Crippen LogP contribution in [0.4, 0.5) is 5.82 Å². The van der Waals surface area contributed by atoms with Gasteiger partial charge >= 0.3 is 0 Å². The number of aromatic nitrogens is 2. The van der Waals surface area contributed by atoms with Gasteiger partial charge in [0.2, 0.25) is 0 Å². The van der Waals surface area contributed by atoms with E-state index in [2.05, 4.69) is 21.6 Å². The summed E-state index contributed by atoms with van der Waals surface area (Å²) in [6, 6.07) is 8.33. The Balaban J connectivity index is 1.79. The molecular formula is C13H16N4. The molecule has 1 atom stereocenters. The normalized spacial score (nSPS) is 17.0. The molecule has 1 aliphatic carbocycles. The lowest BCUT2D eigenvalue weighted by molar-refractivity contribution is 0.620. The molecule has 1 aliphatic rings. The first kappa shape index (κ1) is 10.5. The Morgan fingerprint density at radius 2 is 2.18 bits per heavy atom. The monoisotopic (exact) mass is 228 g/mol. The van der Waals surface area contributed by atoms with E-state index in [4.69, 9.17) is 5.73 Å². The largest absolute Gasteiger partial charge is 0.366 e. The molecule has 3 N–H and O–H groups in total. The zero-order valence-electron chi connectivity index (χ0n) is 9.63. The van der Waals surface area contributed by atoms with E-state index in [1.54, 1.807) is 6.20 Å². The second-order valence-corrected chi connectivity index (χ2v) is 4.66. The highest BCUT2D eigenvalue weighted by Gasteiger charge is 2.28. The van der Waals surface area contributed by atoms with Crippen molar-refractivity contribution in [2.45, 2.75) is 18.9 Å². The Morgan fingerprint density at radius 3 is 3.00 bits per heavy atom. The zero-order chi connectivity index (χ0) is 11.7. The molecule has 1 fully saturated rings. The van der Waals surface area contributed by atoms with Crippen LogP contribution in [-0.2, 0) is 0 Å². The molecule has 0 saturated heterocycles. The van der Waals surface area contributed by atoms with Crippen molar-refractivity contribution in [2.24, 2.45) is 11.7 Å². The fourth-order valence-corrected chi connectivity index (χ4v) is 2.06. The van der Waals surface area contributed by atoms with Crippen LogP contribution in [0.1, 0.15) is 12.8 Å². The summed E-state index contributed by atoms with van der Waals surface area (Å²) in [5.74, 6) is 1.53. The van der Waals surface area contributed by atoms with Gasteiger partial charge in [0.25, 0.3) is 0 Å². The fourth-order valence-electron chi connectivity index (χ4n) is 2.06. The van der Waals surface area contributed by atoms with E-state index in [1.165, 1.54) is 12.8 Å². The van der Waals surface area contributed by atoms with Gasteiger partial charge in [-0.05, 0) is 18.8 Å². The van der Waals surface area contributed by atoms with Crippen LogP contribution < -0.4 is 11.1 Å². The quantitative estimate of drug-likeness (QED) is 0.837. The SMILES string of the molecule is NC(CNc1nncc2ccccc12)C1CC1. The van der Waals surface area contributed by atoms with Crippen LogP contribution in [0.5, 0.6) is 0 Å². The molecule has 1 aromatic heterocycles. The smallest absolute Gasteiger partial charge is 0.156 e. The number of fused-ring (bicyclic) bond motifs is 1. The summed E-state index contributed by atoms with van der Waals surface area (Å²) in [6.07, 6.45) is 4.31. The van der Waals surface area contributed by atoms with E-state index >= 15 is 0 Å². The molecule has 0 spiro atoms. The molecule has 4 nitrogen and oxygen atoms in total. The number of nitrogens with two attached hydrogens (primary N) is 1. The Labute approximate surface area is 100 Å². The van der Waals surface area contributed by atoms with Crippen LogP contribution in [-0.4, -0.2) is 22.8 Å². The van der Waals surface area contributed by atoms with Gasteiger partial charge in [-0.15, -0.1) is 5.10 Å². The highest BCUT2D eigenvalue weighted by molar-refractivity contribution is 5.90. The second-order valence-electron chi connectivity index (χ2n) is 4.66. The predicted molar refractivity (Wildman–Crippen MR) is 68.7 cm³/mol. The van der Waals surface area contributed by atoms with Gasteiger partial charge in [-0.1, -0.05) is 24.3 Å². The Bertz CT molecular complexity index is 516. The van der Waals surface area contributed by atoms with E-state index in [9.17, 15) is 0 Å². The molecule has 1 saturated carbocycles. The van der Waals surface area contributed by atoms with Crippen molar-refractivity contribution in [1.29, 1.82) is 0 Å². The van der Waals surface area contributed by atoms with E-state index in [0.29, 0.717) is 5.92 Å². The summed E-state index contributed by atoms with van der Waals surface area (Å²) in [7, 11) is 0. The highest BCUT2D eigenvalue weighted by Crippen LogP contribution is 2.31. The van der Waals surface area contributed by atoms with Gasteiger partial charge in [0.05, 0.1) is 6.20 Å². The molecule has 0 aliphatic heterocycles. The van der Waals surface area contributed by atoms with Crippen LogP contribution in [0, 0.1) is 5.92 Å². The lowest BCUT2D eigenvalue weighted by Gasteiger charge is -2.12. The van der Waals surface area contributed by atoms with Gasteiger partial charge in [0.15, 0.2) is 5.82 Å². The maximum absolute atomic E-state index is 6.06. The van der Waals surface area contributed by atoms with Crippen molar-refractivity contribution < 1.29 is 0 Å². The van der Waals surface area contributed by atoms with Gasteiger partial charge in [-0.2, -0.15) is 5.10 Å². The molecule has 3 rings (SSSR count). The first-order chi connectivity index (χ1) is 8.34. The second kappa shape index (κ2) is 4.30. The molecule has 0 amide bonds. The van der Waals surface area contributed by atoms with Crippen molar-refractivity contribution in [3.8, 4) is 0 Å². The van der Waals surface area contributed by atoms with Gasteiger partial charge < -0.3 is 11.1 Å². The van der Waals surface area contributed by atoms with Crippen LogP contribution in [0.25, 0.3) is 10.8 Å². The number of nitrogens with one attached hydrogen (secondary N) is 1. The molecule has 2 aromatic rings. The highest BCUT2D eigenvalue weighted by atomic mass is 15.2. The molecule has 1 unspecified atom stereocenters. The first-order valence-corrected chi connectivity index (χ1v) is 6.04. The number of hydrogen-bond donors (Lipinski definition) is 2. The number of anilines is 1. The summed E-state index contributed by atoms with van der Waals surface area (Å²) in [6.45, 7) is 0.771. The molecule has 0 bridgehead atoms. The van der Waals surface area contributed by atoms with Crippen molar-refractivity contribution >= 4 is 16.6 Å². The van der Waals surface area contributed by atoms with E-state index in [1.807, 2.05) is 18.2 Å². The van der Waals surface area contributed by atoms with Crippen molar-refractivity contribution in [2.75, 3.05) is 11.9 Å². The lowest BCUT2D eigenvalue weighted by Crippen LogP contribution is -2.31. The molecule has 17 heavy (non-hydrogen) atoms. The third-order valence-corrected chi connectivity index (χ3v) is 3.30. The molecule has 1 heterocycles. The Morgan fingerprint density at radius 1 is 1.35 bits per heavy atom. The maximum Gasteiger partial charge on any atom is 0.156 e. The minimum absolute atomic E-state index is 0.232. The number of rotatable bonds is 4. The minimum atomic E-state index is 0.232. The van der Waals surface area contributed by atoms with E-state index in [-0.39, 0.29) is 6.04 Å². The summed E-state index contributed by atoms with van der Waals surface area (Å²) < 4.78 is 0. The number of benzene rings is 1. The molecular weight excluding hydrogens is 212 g/mol. The first-order valence-electron chi connectivity index (χ1n) is 6.04. The average molecular weight is 228 g/mol. The average Bonchev–Trinajstić information content (AvgIpc) is 3.20. The van der Waals surface area contributed by atoms with Crippen molar-refractivity contribution in [1.82, 2.24) is 10.2 Å². The molecule has 0 radical (unpaired) electrons. The third kappa shape index (κ3) is 2.22. The Kier molecular flexibility index (Phi) is 2.65. The van der Waals surface area contributed by atoms with E-state index in [0.717, 1.165) is 23.1 Å². The van der Waals surface area contributed by atoms with Gasteiger partial charge in [-0.25, -0.2) is 0 Å². The van der Waals surface area contributed by atoms with Crippen molar-refractivity contribution in [3.63, 3.8) is 0 Å². The lowest BCUT2D eigenvalue weighted by atomic mass is 10.1. The Hall–Kier alpha value is -1.68. The molecule has 88 valence electrons. The van der Waals surface area contributed by atoms with Crippen LogP contribution in [0.3, 0.4) is 0 Å². The van der Waals surface area contributed by atoms with Crippen LogP contribution >= 0.6 is 0 Å².